The van der Waals surface area contributed by atoms with E-state index in [1.54, 1.807) is 7.11 Å². The van der Waals surface area contributed by atoms with Crippen LogP contribution in [0.3, 0.4) is 0 Å². The second kappa shape index (κ2) is 6.06. The Kier molecular flexibility index (Phi) is 4.57. The van der Waals surface area contributed by atoms with Crippen LogP contribution in [0.25, 0.3) is 0 Å². The summed E-state index contributed by atoms with van der Waals surface area (Å²) in [5.74, 6) is 0.992. The minimum atomic E-state index is -0.505. The number of methoxy groups -OCH3 is 1. The number of carbonyl (C=O) groups is 1. The van der Waals surface area contributed by atoms with Gasteiger partial charge in [-0.15, -0.1) is 0 Å². The summed E-state index contributed by atoms with van der Waals surface area (Å²) < 4.78 is 5.48. The molecule has 1 heterocycles. The van der Waals surface area contributed by atoms with Crippen LogP contribution >= 0.6 is 0 Å². The van der Waals surface area contributed by atoms with Crippen LogP contribution in [0.4, 0.5) is 0 Å². The molecule has 0 aliphatic carbocycles. The SMILES string of the molecule is CCC(C)N1C(=O)C(C)(CC)NC1c1ccccc1OC. The summed E-state index contributed by atoms with van der Waals surface area (Å²) in [5, 5.41) is 3.52. The lowest BCUT2D eigenvalue weighted by Gasteiger charge is -2.30. The van der Waals surface area contributed by atoms with Gasteiger partial charge in [0, 0.05) is 11.6 Å². The molecule has 0 saturated carbocycles. The van der Waals surface area contributed by atoms with E-state index in [-0.39, 0.29) is 18.1 Å². The van der Waals surface area contributed by atoms with Crippen molar-refractivity contribution >= 4 is 5.91 Å². The minimum absolute atomic E-state index is 0.131. The molecule has 4 heteroatoms. The zero-order valence-corrected chi connectivity index (χ0v) is 13.6. The van der Waals surface area contributed by atoms with Crippen LogP contribution in [-0.2, 0) is 4.79 Å². The van der Waals surface area contributed by atoms with Crippen LogP contribution in [0.15, 0.2) is 24.3 Å². The number of hydrogen-bond acceptors (Lipinski definition) is 3. The average Bonchev–Trinajstić information content (AvgIpc) is 2.79. The van der Waals surface area contributed by atoms with Crippen LogP contribution in [0.1, 0.15) is 52.3 Å². The molecule has 1 saturated heterocycles. The van der Waals surface area contributed by atoms with E-state index in [1.807, 2.05) is 43.0 Å². The fourth-order valence-electron chi connectivity index (χ4n) is 2.86. The molecule has 4 nitrogen and oxygen atoms in total. The third kappa shape index (κ3) is 2.64. The number of nitrogens with one attached hydrogen (secondary N) is 1. The minimum Gasteiger partial charge on any atom is -0.496 e. The maximum absolute atomic E-state index is 12.9. The molecular formula is C17H26N2O2. The second-order valence-electron chi connectivity index (χ2n) is 5.94. The van der Waals surface area contributed by atoms with Crippen LogP contribution in [0.5, 0.6) is 5.75 Å². The quantitative estimate of drug-likeness (QED) is 0.906. The van der Waals surface area contributed by atoms with Gasteiger partial charge in [0.2, 0.25) is 5.91 Å². The third-order valence-corrected chi connectivity index (χ3v) is 4.65. The lowest BCUT2D eigenvalue weighted by molar-refractivity contribution is -0.135. The molecule has 1 aliphatic heterocycles. The van der Waals surface area contributed by atoms with Gasteiger partial charge in [0.05, 0.1) is 12.6 Å². The Labute approximate surface area is 127 Å². The standard InChI is InChI=1S/C17H26N2O2/c1-6-12(3)19-15(18-17(4,7-2)16(19)20)13-10-8-9-11-14(13)21-5/h8-12,15,18H,6-7H2,1-5H3. The van der Waals surface area contributed by atoms with Crippen LogP contribution in [-0.4, -0.2) is 29.5 Å². The van der Waals surface area contributed by atoms with Gasteiger partial charge in [-0.25, -0.2) is 0 Å². The van der Waals surface area contributed by atoms with Gasteiger partial charge < -0.3 is 9.64 Å². The Balaban J connectivity index is 2.47. The predicted octanol–water partition coefficient (Wildman–Crippen LogP) is 3.09. The number of nitrogens with zero attached hydrogens (tertiary/aromatic N) is 1. The van der Waals surface area contributed by atoms with Gasteiger partial charge in [-0.1, -0.05) is 32.0 Å². The summed E-state index contributed by atoms with van der Waals surface area (Å²) in [6, 6.07) is 8.10. The Morgan fingerprint density at radius 1 is 1.38 bits per heavy atom. The molecule has 1 fully saturated rings. The number of carbonyl (C=O) groups excluding carboxylic acids is 1. The Morgan fingerprint density at radius 2 is 2.05 bits per heavy atom. The first kappa shape index (κ1) is 15.8. The summed E-state index contributed by atoms with van der Waals surface area (Å²) in [6.07, 6.45) is 1.57. The first-order valence-corrected chi connectivity index (χ1v) is 7.71. The van der Waals surface area contributed by atoms with Gasteiger partial charge in [-0.3, -0.25) is 10.1 Å². The van der Waals surface area contributed by atoms with Crippen molar-refractivity contribution in [2.24, 2.45) is 0 Å². The molecule has 2 rings (SSSR count). The summed E-state index contributed by atoms with van der Waals surface area (Å²) in [7, 11) is 1.67. The summed E-state index contributed by atoms with van der Waals surface area (Å²) in [4.78, 5) is 14.8. The molecule has 1 N–H and O–H groups in total. The van der Waals surface area contributed by atoms with E-state index in [9.17, 15) is 4.79 Å². The molecule has 0 aromatic heterocycles. The first-order valence-electron chi connectivity index (χ1n) is 7.71. The predicted molar refractivity (Wildman–Crippen MR) is 84.2 cm³/mol. The van der Waals surface area contributed by atoms with Crippen molar-refractivity contribution in [1.29, 1.82) is 0 Å². The van der Waals surface area contributed by atoms with E-state index in [0.717, 1.165) is 24.2 Å². The molecule has 1 aliphatic rings. The van der Waals surface area contributed by atoms with Crippen LogP contribution < -0.4 is 10.1 Å². The van der Waals surface area contributed by atoms with E-state index in [2.05, 4.69) is 19.2 Å². The highest BCUT2D eigenvalue weighted by Gasteiger charge is 2.49. The highest BCUT2D eigenvalue weighted by Crippen LogP contribution is 2.38. The molecule has 116 valence electrons. The van der Waals surface area contributed by atoms with Gasteiger partial charge in [0.25, 0.3) is 0 Å². The third-order valence-electron chi connectivity index (χ3n) is 4.65. The molecule has 21 heavy (non-hydrogen) atoms. The number of amides is 1. The fraction of sp³-hybridized carbons (Fsp3) is 0.588. The lowest BCUT2D eigenvalue weighted by atomic mass is 9.99. The molecular weight excluding hydrogens is 264 g/mol. The Bertz CT molecular complexity index is 517. The maximum atomic E-state index is 12.9. The Morgan fingerprint density at radius 3 is 2.62 bits per heavy atom. The van der Waals surface area contributed by atoms with Crippen LogP contribution in [0, 0.1) is 0 Å². The molecule has 1 amide bonds. The molecule has 0 radical (unpaired) electrons. The zero-order chi connectivity index (χ0) is 15.6. The van der Waals surface area contributed by atoms with Crippen LogP contribution in [0.2, 0.25) is 0 Å². The summed E-state index contributed by atoms with van der Waals surface area (Å²) in [6.45, 7) is 8.24. The fourth-order valence-corrected chi connectivity index (χ4v) is 2.86. The van der Waals surface area contributed by atoms with Crippen molar-refractivity contribution < 1.29 is 9.53 Å². The van der Waals surface area contributed by atoms with Gasteiger partial charge in [0.1, 0.15) is 11.9 Å². The van der Waals surface area contributed by atoms with Gasteiger partial charge >= 0.3 is 0 Å². The maximum Gasteiger partial charge on any atom is 0.244 e. The largest absolute Gasteiger partial charge is 0.496 e. The van der Waals surface area contributed by atoms with Crippen molar-refractivity contribution in [2.45, 2.75) is 58.3 Å². The highest BCUT2D eigenvalue weighted by molar-refractivity contribution is 5.89. The molecule has 3 atom stereocenters. The Hall–Kier alpha value is -1.55. The molecule has 1 aromatic rings. The van der Waals surface area contributed by atoms with Gasteiger partial charge in [0.15, 0.2) is 0 Å². The summed E-state index contributed by atoms with van der Waals surface area (Å²) in [5.41, 5.74) is 0.514. The first-order chi connectivity index (χ1) is 9.98. The van der Waals surface area contributed by atoms with Crippen molar-refractivity contribution in [2.75, 3.05) is 7.11 Å². The smallest absolute Gasteiger partial charge is 0.244 e. The normalized spacial score (nSPS) is 27.0. The van der Waals surface area contributed by atoms with Crippen molar-refractivity contribution in [3.05, 3.63) is 29.8 Å². The van der Waals surface area contributed by atoms with E-state index >= 15 is 0 Å². The highest BCUT2D eigenvalue weighted by atomic mass is 16.5. The van der Waals surface area contributed by atoms with Crippen molar-refractivity contribution in [1.82, 2.24) is 10.2 Å². The van der Waals surface area contributed by atoms with Crippen molar-refractivity contribution in [3.8, 4) is 5.75 Å². The monoisotopic (exact) mass is 290 g/mol. The van der Waals surface area contributed by atoms with Gasteiger partial charge in [-0.2, -0.15) is 0 Å². The second-order valence-corrected chi connectivity index (χ2v) is 5.94. The van der Waals surface area contributed by atoms with E-state index in [1.165, 1.54) is 0 Å². The number of ether oxygens (including phenoxy) is 1. The average molecular weight is 290 g/mol. The lowest BCUT2D eigenvalue weighted by Crippen LogP contribution is -2.44. The molecule has 1 aromatic carbocycles. The van der Waals surface area contributed by atoms with E-state index in [0.29, 0.717) is 0 Å². The molecule has 0 spiro atoms. The topological polar surface area (TPSA) is 41.6 Å². The van der Waals surface area contributed by atoms with Gasteiger partial charge in [-0.05, 0) is 32.8 Å². The van der Waals surface area contributed by atoms with E-state index < -0.39 is 5.54 Å². The molecule has 3 unspecified atom stereocenters. The van der Waals surface area contributed by atoms with Crippen molar-refractivity contribution in [3.63, 3.8) is 0 Å². The zero-order valence-electron chi connectivity index (χ0n) is 13.6. The number of benzene rings is 1. The molecule has 0 bridgehead atoms. The number of para-hydroxylation sites is 1. The van der Waals surface area contributed by atoms with E-state index in [4.69, 9.17) is 4.74 Å². The summed E-state index contributed by atoms with van der Waals surface area (Å²) >= 11 is 0. The number of rotatable bonds is 5. The number of hydrogen-bond donors (Lipinski definition) is 1.